The maximum Gasteiger partial charge on any atom is 0.168 e. The van der Waals surface area contributed by atoms with Crippen molar-refractivity contribution in [1.29, 1.82) is 0 Å². The molecule has 5 nitrogen and oxygen atoms in total. The lowest BCUT2D eigenvalue weighted by atomic mass is 9.76. The van der Waals surface area contributed by atoms with E-state index in [1.165, 1.54) is 16.0 Å². The van der Waals surface area contributed by atoms with Crippen LogP contribution in [0.5, 0.6) is 23.0 Å². The molecule has 1 unspecified atom stereocenters. The Morgan fingerprint density at radius 3 is 2.50 bits per heavy atom. The molecule has 2 atom stereocenters. The first-order chi connectivity index (χ1) is 11.5. The van der Waals surface area contributed by atoms with Crippen molar-refractivity contribution >= 4 is 0 Å². The van der Waals surface area contributed by atoms with E-state index in [0.717, 1.165) is 36.1 Å². The van der Waals surface area contributed by atoms with Crippen molar-refractivity contribution in [2.24, 2.45) is 0 Å². The van der Waals surface area contributed by atoms with Crippen molar-refractivity contribution in [2.75, 3.05) is 27.8 Å². The van der Waals surface area contributed by atoms with Gasteiger partial charge in [-0.2, -0.15) is 0 Å². The molecule has 24 heavy (non-hydrogen) atoms. The summed E-state index contributed by atoms with van der Waals surface area (Å²) < 4.78 is 10.8. The highest BCUT2D eigenvalue weighted by Crippen LogP contribution is 2.51. The Kier molecular flexibility index (Phi) is 3.35. The van der Waals surface area contributed by atoms with Crippen LogP contribution in [-0.4, -0.2) is 38.0 Å². The van der Waals surface area contributed by atoms with E-state index < -0.39 is 0 Å². The van der Waals surface area contributed by atoms with Crippen molar-refractivity contribution in [2.45, 2.75) is 18.9 Å². The van der Waals surface area contributed by atoms with Crippen molar-refractivity contribution < 1.29 is 24.6 Å². The monoisotopic (exact) mass is 328 g/mol. The van der Waals surface area contributed by atoms with Crippen LogP contribution >= 0.6 is 0 Å². The molecular weight excluding hydrogens is 306 g/mol. The normalized spacial score (nSPS) is 21.0. The maximum absolute atomic E-state index is 10.4. The molecule has 2 aliphatic rings. The minimum atomic E-state index is 0.146. The lowest BCUT2D eigenvalue weighted by Gasteiger charge is -2.38. The lowest BCUT2D eigenvalue weighted by Crippen LogP contribution is -3.10. The number of likely N-dealkylation sites (N-methyl/N-ethyl adjacent to an activating group) is 1. The van der Waals surface area contributed by atoms with Gasteiger partial charge in [-0.1, -0.05) is 0 Å². The van der Waals surface area contributed by atoms with Gasteiger partial charge in [0.25, 0.3) is 0 Å². The minimum absolute atomic E-state index is 0.146. The summed E-state index contributed by atoms with van der Waals surface area (Å²) in [7, 11) is 5.32. The number of phenolic OH excluding ortho intramolecular Hbond substituents is 2. The molecule has 1 aliphatic heterocycles. The summed E-state index contributed by atoms with van der Waals surface area (Å²) in [4.78, 5) is 1.44. The van der Waals surface area contributed by atoms with Gasteiger partial charge in [0.05, 0.1) is 27.8 Å². The van der Waals surface area contributed by atoms with Crippen LogP contribution < -0.4 is 14.4 Å². The molecule has 0 fully saturated rings. The summed E-state index contributed by atoms with van der Waals surface area (Å²) >= 11 is 0. The van der Waals surface area contributed by atoms with Gasteiger partial charge in [-0.3, -0.25) is 0 Å². The Balaban J connectivity index is 2.08. The standard InChI is InChI=1S/C19H21NO4/c1-20-5-4-10-7-15(22)19(24-3)18-12-9-16(23-2)14(21)8-11(12)6-13(20)17(10)18/h7-9,13,21-22H,4-6H2,1-3H3/p+1/t13-/m0/s1. The number of hydrogen-bond donors (Lipinski definition) is 3. The maximum atomic E-state index is 10.4. The number of hydrogen-bond acceptors (Lipinski definition) is 4. The Morgan fingerprint density at radius 1 is 1.04 bits per heavy atom. The van der Waals surface area contributed by atoms with Crippen LogP contribution in [0.3, 0.4) is 0 Å². The van der Waals surface area contributed by atoms with Gasteiger partial charge >= 0.3 is 0 Å². The molecule has 0 bridgehead atoms. The summed E-state index contributed by atoms with van der Waals surface area (Å²) in [5.41, 5.74) is 5.42. The number of nitrogens with one attached hydrogen (secondary N) is 1. The van der Waals surface area contributed by atoms with Crippen LogP contribution in [0.15, 0.2) is 18.2 Å². The van der Waals surface area contributed by atoms with Crippen LogP contribution in [0.4, 0.5) is 0 Å². The zero-order valence-corrected chi connectivity index (χ0v) is 14.1. The van der Waals surface area contributed by atoms with Crippen LogP contribution in [0.2, 0.25) is 0 Å². The Hall–Kier alpha value is -2.40. The predicted molar refractivity (Wildman–Crippen MR) is 90.2 cm³/mol. The first-order valence-corrected chi connectivity index (χ1v) is 8.20. The summed E-state index contributed by atoms with van der Waals surface area (Å²) in [6.45, 7) is 1.03. The van der Waals surface area contributed by atoms with Gasteiger partial charge in [0.15, 0.2) is 23.0 Å². The molecular formula is C19H22NO4+. The highest BCUT2D eigenvalue weighted by atomic mass is 16.5. The molecule has 0 saturated heterocycles. The van der Waals surface area contributed by atoms with E-state index >= 15 is 0 Å². The second-order valence-electron chi connectivity index (χ2n) is 6.66. The van der Waals surface area contributed by atoms with Gasteiger partial charge in [0.1, 0.15) is 6.04 Å². The summed E-state index contributed by atoms with van der Waals surface area (Å²) in [6, 6.07) is 5.78. The third-order valence-corrected chi connectivity index (χ3v) is 5.42. The molecule has 2 aromatic carbocycles. The number of phenols is 2. The van der Waals surface area contributed by atoms with Gasteiger partial charge in [-0.25, -0.2) is 0 Å². The van der Waals surface area contributed by atoms with Crippen molar-refractivity contribution in [3.05, 3.63) is 34.9 Å². The summed E-state index contributed by atoms with van der Waals surface area (Å²) in [5.74, 6) is 1.25. The van der Waals surface area contributed by atoms with Gasteiger partial charge in [0, 0.05) is 24.0 Å². The summed E-state index contributed by atoms with van der Waals surface area (Å²) in [6.07, 6.45) is 1.79. The highest BCUT2D eigenvalue weighted by molar-refractivity contribution is 5.84. The van der Waals surface area contributed by atoms with E-state index in [1.807, 2.05) is 12.1 Å². The summed E-state index contributed by atoms with van der Waals surface area (Å²) in [5, 5.41) is 20.6. The van der Waals surface area contributed by atoms with E-state index in [0.29, 0.717) is 17.5 Å². The number of rotatable bonds is 2. The fourth-order valence-corrected chi connectivity index (χ4v) is 4.22. The molecule has 2 aromatic rings. The fourth-order valence-electron chi connectivity index (χ4n) is 4.22. The van der Waals surface area contributed by atoms with Gasteiger partial charge in [-0.15, -0.1) is 0 Å². The SMILES string of the molecule is COc1cc2c(cc1O)C[C@H]1c3c(cc(O)c(OC)c3-2)CC[NH+]1C. The van der Waals surface area contributed by atoms with Crippen molar-refractivity contribution in [3.8, 4) is 34.1 Å². The molecule has 0 radical (unpaired) electrons. The third-order valence-electron chi connectivity index (χ3n) is 5.42. The number of quaternary nitrogens is 1. The average molecular weight is 328 g/mol. The Labute approximate surface area is 141 Å². The van der Waals surface area contributed by atoms with Crippen LogP contribution in [-0.2, 0) is 12.8 Å². The van der Waals surface area contributed by atoms with E-state index in [-0.39, 0.29) is 11.5 Å². The van der Waals surface area contributed by atoms with Gasteiger partial charge in [-0.05, 0) is 34.9 Å². The molecule has 0 saturated carbocycles. The van der Waals surface area contributed by atoms with E-state index in [9.17, 15) is 10.2 Å². The molecule has 0 aromatic heterocycles. The Morgan fingerprint density at radius 2 is 1.79 bits per heavy atom. The molecule has 1 heterocycles. The van der Waals surface area contributed by atoms with Gasteiger partial charge in [0.2, 0.25) is 0 Å². The number of aromatic hydroxyl groups is 2. The smallest absolute Gasteiger partial charge is 0.168 e. The molecule has 3 N–H and O–H groups in total. The van der Waals surface area contributed by atoms with Crippen LogP contribution in [0.1, 0.15) is 22.7 Å². The Bertz CT molecular complexity index is 831. The molecule has 0 spiro atoms. The number of fused-ring (bicyclic) bond motifs is 2. The quantitative estimate of drug-likeness (QED) is 0.781. The zero-order valence-electron chi connectivity index (χ0n) is 14.1. The second kappa shape index (κ2) is 5.31. The fraction of sp³-hybridized carbons (Fsp3) is 0.368. The van der Waals surface area contributed by atoms with Crippen molar-refractivity contribution in [3.63, 3.8) is 0 Å². The van der Waals surface area contributed by atoms with Crippen molar-refractivity contribution in [1.82, 2.24) is 0 Å². The average Bonchev–Trinajstić information content (AvgIpc) is 2.57. The van der Waals surface area contributed by atoms with Crippen LogP contribution in [0, 0.1) is 0 Å². The second-order valence-corrected chi connectivity index (χ2v) is 6.66. The van der Waals surface area contributed by atoms with Gasteiger partial charge < -0.3 is 24.6 Å². The third kappa shape index (κ3) is 1.97. The minimum Gasteiger partial charge on any atom is -0.504 e. The zero-order chi connectivity index (χ0) is 17.0. The van der Waals surface area contributed by atoms with E-state index in [2.05, 4.69) is 7.05 Å². The lowest BCUT2D eigenvalue weighted by molar-refractivity contribution is -0.914. The predicted octanol–water partition coefficient (Wildman–Crippen LogP) is 1.45. The number of methoxy groups -OCH3 is 2. The first kappa shape index (κ1) is 15.1. The van der Waals surface area contributed by atoms with E-state index in [4.69, 9.17) is 9.47 Å². The number of ether oxygens (including phenoxy) is 2. The molecule has 4 rings (SSSR count). The largest absolute Gasteiger partial charge is 0.504 e. The van der Waals surface area contributed by atoms with E-state index in [1.54, 1.807) is 20.3 Å². The molecule has 1 aliphatic carbocycles. The van der Waals surface area contributed by atoms with Crippen LogP contribution in [0.25, 0.3) is 11.1 Å². The number of benzene rings is 2. The molecule has 5 heteroatoms. The molecule has 0 amide bonds. The topological polar surface area (TPSA) is 63.4 Å². The highest BCUT2D eigenvalue weighted by Gasteiger charge is 2.39. The first-order valence-electron chi connectivity index (χ1n) is 8.20. The molecule has 126 valence electrons.